The molecule has 0 aliphatic carbocycles. The SMILES string of the molecule is FC(F)(F)Oc1ccc(Oc2ccc(OCCCCN3CC=CCC3)cc2)cc1. The summed E-state index contributed by atoms with van der Waals surface area (Å²) in [6.07, 6.45) is 2.96. The van der Waals surface area contributed by atoms with Gasteiger partial charge in [0.1, 0.15) is 23.0 Å². The average Bonchev–Trinajstić information content (AvgIpc) is 2.70. The Morgan fingerprint density at radius 1 is 0.793 bits per heavy atom. The van der Waals surface area contributed by atoms with Crippen LogP contribution in [0.2, 0.25) is 0 Å². The van der Waals surface area contributed by atoms with Crippen LogP contribution >= 0.6 is 0 Å². The lowest BCUT2D eigenvalue weighted by molar-refractivity contribution is -0.274. The van der Waals surface area contributed by atoms with Crippen LogP contribution < -0.4 is 14.2 Å². The van der Waals surface area contributed by atoms with Gasteiger partial charge in [-0.3, -0.25) is 4.90 Å². The summed E-state index contributed by atoms with van der Waals surface area (Å²) in [6.45, 7) is 3.93. The first-order valence-electron chi connectivity index (χ1n) is 9.62. The molecule has 0 amide bonds. The molecule has 29 heavy (non-hydrogen) atoms. The van der Waals surface area contributed by atoms with Crippen molar-refractivity contribution < 1.29 is 27.4 Å². The third kappa shape index (κ3) is 7.69. The van der Waals surface area contributed by atoms with E-state index in [4.69, 9.17) is 9.47 Å². The van der Waals surface area contributed by atoms with E-state index in [9.17, 15) is 13.2 Å². The molecular formula is C22H24F3NO3. The standard InChI is InChI=1S/C22H24F3NO3/c23-22(24,25)29-21-12-10-20(11-13-21)28-19-8-6-18(7-9-19)27-17-5-4-16-26-14-2-1-3-15-26/h1-2,6-13H,3-5,14-17H2. The summed E-state index contributed by atoms with van der Waals surface area (Å²) in [4.78, 5) is 2.44. The van der Waals surface area contributed by atoms with Gasteiger partial charge in [-0.05, 0) is 74.3 Å². The van der Waals surface area contributed by atoms with Crippen LogP contribution in [-0.2, 0) is 0 Å². The monoisotopic (exact) mass is 407 g/mol. The minimum Gasteiger partial charge on any atom is -0.494 e. The van der Waals surface area contributed by atoms with Crippen LogP contribution in [0, 0.1) is 0 Å². The minimum absolute atomic E-state index is 0.287. The molecular weight excluding hydrogens is 383 g/mol. The molecule has 0 spiro atoms. The molecule has 3 rings (SSSR count). The van der Waals surface area contributed by atoms with Crippen LogP contribution in [0.15, 0.2) is 60.7 Å². The molecule has 2 aromatic carbocycles. The summed E-state index contributed by atoms with van der Waals surface area (Å²) in [5, 5.41) is 0. The molecule has 0 fully saturated rings. The lowest BCUT2D eigenvalue weighted by Gasteiger charge is -2.22. The Labute approximate surface area is 168 Å². The zero-order valence-corrected chi connectivity index (χ0v) is 16.0. The van der Waals surface area contributed by atoms with Crippen molar-refractivity contribution in [1.29, 1.82) is 0 Å². The Morgan fingerprint density at radius 2 is 1.41 bits per heavy atom. The third-order valence-electron chi connectivity index (χ3n) is 4.40. The number of rotatable bonds is 9. The van der Waals surface area contributed by atoms with Crippen molar-refractivity contribution in [2.45, 2.75) is 25.6 Å². The van der Waals surface area contributed by atoms with Gasteiger partial charge in [0, 0.05) is 13.1 Å². The molecule has 0 aromatic heterocycles. The number of benzene rings is 2. The van der Waals surface area contributed by atoms with E-state index in [-0.39, 0.29) is 5.75 Å². The van der Waals surface area contributed by atoms with Gasteiger partial charge in [0.2, 0.25) is 0 Å². The highest BCUT2D eigenvalue weighted by molar-refractivity contribution is 5.37. The van der Waals surface area contributed by atoms with Gasteiger partial charge in [-0.25, -0.2) is 0 Å². The second-order valence-corrected chi connectivity index (χ2v) is 6.71. The first-order chi connectivity index (χ1) is 14.0. The fourth-order valence-corrected chi connectivity index (χ4v) is 2.97. The summed E-state index contributed by atoms with van der Waals surface area (Å²) in [7, 11) is 0. The molecule has 1 heterocycles. The molecule has 7 heteroatoms. The molecule has 1 aliphatic heterocycles. The molecule has 1 aliphatic rings. The molecule has 0 saturated heterocycles. The summed E-state index contributed by atoms with van der Waals surface area (Å²) in [5.74, 6) is 1.46. The maximum atomic E-state index is 12.2. The first-order valence-corrected chi connectivity index (χ1v) is 9.62. The molecule has 4 nitrogen and oxygen atoms in total. The van der Waals surface area contributed by atoms with Gasteiger partial charge in [-0.15, -0.1) is 13.2 Å². The van der Waals surface area contributed by atoms with Gasteiger partial charge >= 0.3 is 6.36 Å². The van der Waals surface area contributed by atoms with Crippen molar-refractivity contribution >= 4 is 0 Å². The summed E-state index contributed by atoms with van der Waals surface area (Å²) >= 11 is 0. The molecule has 0 saturated carbocycles. The number of hydrogen-bond donors (Lipinski definition) is 0. The Bertz CT molecular complexity index is 773. The normalized spacial score (nSPS) is 14.6. The second-order valence-electron chi connectivity index (χ2n) is 6.71. The number of ether oxygens (including phenoxy) is 3. The zero-order chi connectivity index (χ0) is 20.5. The molecule has 0 atom stereocenters. The van der Waals surface area contributed by atoms with Crippen molar-refractivity contribution in [3.05, 3.63) is 60.7 Å². The summed E-state index contributed by atoms with van der Waals surface area (Å²) in [5.41, 5.74) is 0. The van der Waals surface area contributed by atoms with Crippen LogP contribution in [0.3, 0.4) is 0 Å². The summed E-state index contributed by atoms with van der Waals surface area (Å²) < 4.78 is 51.7. The number of unbranched alkanes of at least 4 members (excludes halogenated alkanes) is 1. The van der Waals surface area contributed by atoms with E-state index < -0.39 is 6.36 Å². The van der Waals surface area contributed by atoms with Crippen LogP contribution in [0.5, 0.6) is 23.0 Å². The molecule has 0 bridgehead atoms. The van der Waals surface area contributed by atoms with E-state index in [1.165, 1.54) is 24.3 Å². The smallest absolute Gasteiger partial charge is 0.494 e. The largest absolute Gasteiger partial charge is 0.573 e. The fourth-order valence-electron chi connectivity index (χ4n) is 2.97. The number of hydrogen-bond acceptors (Lipinski definition) is 4. The van der Waals surface area contributed by atoms with Gasteiger partial charge in [0.15, 0.2) is 0 Å². The van der Waals surface area contributed by atoms with Crippen LogP contribution in [0.4, 0.5) is 13.2 Å². The van der Waals surface area contributed by atoms with Gasteiger partial charge in [-0.1, -0.05) is 12.2 Å². The quantitative estimate of drug-likeness (QED) is 0.388. The van der Waals surface area contributed by atoms with E-state index in [0.717, 1.165) is 44.6 Å². The van der Waals surface area contributed by atoms with Crippen LogP contribution in [0.1, 0.15) is 19.3 Å². The predicted octanol–water partition coefficient (Wildman–Crippen LogP) is 5.80. The Morgan fingerprint density at radius 3 is 2.00 bits per heavy atom. The van der Waals surface area contributed by atoms with Gasteiger partial charge in [0.05, 0.1) is 6.61 Å². The number of alkyl halides is 3. The highest BCUT2D eigenvalue weighted by Gasteiger charge is 2.30. The lowest BCUT2D eigenvalue weighted by atomic mass is 10.2. The lowest BCUT2D eigenvalue weighted by Crippen LogP contribution is -2.28. The van der Waals surface area contributed by atoms with Crippen molar-refractivity contribution in [2.75, 3.05) is 26.2 Å². The molecule has 2 aromatic rings. The van der Waals surface area contributed by atoms with Crippen molar-refractivity contribution in [3.63, 3.8) is 0 Å². The Hall–Kier alpha value is -2.67. The molecule has 0 N–H and O–H groups in total. The minimum atomic E-state index is -4.71. The molecule has 0 unspecified atom stereocenters. The predicted molar refractivity (Wildman–Crippen MR) is 105 cm³/mol. The topological polar surface area (TPSA) is 30.9 Å². The highest BCUT2D eigenvalue weighted by atomic mass is 19.4. The van der Waals surface area contributed by atoms with Gasteiger partial charge < -0.3 is 14.2 Å². The van der Waals surface area contributed by atoms with Gasteiger partial charge in [-0.2, -0.15) is 0 Å². The second kappa shape index (κ2) is 10.2. The van der Waals surface area contributed by atoms with E-state index in [1.54, 1.807) is 12.1 Å². The van der Waals surface area contributed by atoms with Crippen LogP contribution in [-0.4, -0.2) is 37.5 Å². The Balaban J connectivity index is 1.37. The first kappa shape index (κ1) is 21.0. The Kier molecular flexibility index (Phi) is 7.41. The van der Waals surface area contributed by atoms with Crippen LogP contribution in [0.25, 0.3) is 0 Å². The average molecular weight is 407 g/mol. The van der Waals surface area contributed by atoms with E-state index in [1.807, 2.05) is 12.1 Å². The maximum Gasteiger partial charge on any atom is 0.573 e. The van der Waals surface area contributed by atoms with Crippen molar-refractivity contribution in [1.82, 2.24) is 4.90 Å². The number of halogens is 3. The summed E-state index contributed by atoms with van der Waals surface area (Å²) in [6, 6.07) is 12.4. The third-order valence-corrected chi connectivity index (χ3v) is 4.40. The van der Waals surface area contributed by atoms with E-state index >= 15 is 0 Å². The van der Waals surface area contributed by atoms with E-state index in [0.29, 0.717) is 18.1 Å². The molecule has 0 radical (unpaired) electrons. The molecule has 156 valence electrons. The maximum absolute atomic E-state index is 12.2. The fraction of sp³-hybridized carbons (Fsp3) is 0.364. The van der Waals surface area contributed by atoms with E-state index in [2.05, 4.69) is 21.8 Å². The van der Waals surface area contributed by atoms with Gasteiger partial charge in [0.25, 0.3) is 0 Å². The van der Waals surface area contributed by atoms with Crippen molar-refractivity contribution in [3.8, 4) is 23.0 Å². The zero-order valence-electron chi connectivity index (χ0n) is 16.0. The highest BCUT2D eigenvalue weighted by Crippen LogP contribution is 2.28. The van der Waals surface area contributed by atoms with Crippen molar-refractivity contribution in [2.24, 2.45) is 0 Å². The number of nitrogens with zero attached hydrogens (tertiary/aromatic N) is 1.